The third-order valence-corrected chi connectivity index (χ3v) is 2.41. The molecule has 15 heavy (non-hydrogen) atoms. The predicted molar refractivity (Wildman–Crippen MR) is 59.7 cm³/mol. The molecule has 2 nitrogen and oxygen atoms in total. The maximum atomic E-state index is 12.6. The van der Waals surface area contributed by atoms with E-state index in [0.29, 0.717) is 18.4 Å². The Hall–Kier alpha value is -1.09. The molecule has 1 aromatic carbocycles. The standard InChI is InChI=1S/C12H18FNO/c1-10(2)14(3)8-9-15-12-6-4-11(13)5-7-12/h4-7,10H,8-9H2,1-3H3. The van der Waals surface area contributed by atoms with E-state index in [1.54, 1.807) is 12.1 Å². The molecule has 1 rings (SSSR count). The van der Waals surface area contributed by atoms with Crippen molar-refractivity contribution in [2.24, 2.45) is 0 Å². The number of benzene rings is 1. The molecule has 0 bridgehead atoms. The molecule has 0 aliphatic carbocycles. The summed E-state index contributed by atoms with van der Waals surface area (Å²) in [5, 5.41) is 0. The maximum absolute atomic E-state index is 12.6. The molecule has 0 atom stereocenters. The van der Waals surface area contributed by atoms with Crippen LogP contribution < -0.4 is 4.74 Å². The SMILES string of the molecule is CC(C)N(C)CCOc1ccc(F)cc1. The monoisotopic (exact) mass is 211 g/mol. The molecular formula is C12H18FNO. The first-order chi connectivity index (χ1) is 7.09. The van der Waals surface area contributed by atoms with E-state index < -0.39 is 0 Å². The van der Waals surface area contributed by atoms with Crippen molar-refractivity contribution in [1.29, 1.82) is 0 Å². The number of hydrogen-bond donors (Lipinski definition) is 0. The Morgan fingerprint density at radius 2 is 1.87 bits per heavy atom. The first kappa shape index (κ1) is 12.0. The van der Waals surface area contributed by atoms with Gasteiger partial charge in [-0.2, -0.15) is 0 Å². The summed E-state index contributed by atoms with van der Waals surface area (Å²) in [6, 6.07) is 6.61. The van der Waals surface area contributed by atoms with Crippen molar-refractivity contribution < 1.29 is 9.13 Å². The Kier molecular flexibility index (Phi) is 4.56. The predicted octanol–water partition coefficient (Wildman–Crippen LogP) is 2.54. The number of halogens is 1. The molecule has 0 unspecified atom stereocenters. The molecule has 3 heteroatoms. The first-order valence-electron chi connectivity index (χ1n) is 5.18. The Morgan fingerprint density at radius 3 is 2.40 bits per heavy atom. The fourth-order valence-electron chi connectivity index (χ4n) is 1.10. The summed E-state index contributed by atoms with van der Waals surface area (Å²) >= 11 is 0. The van der Waals surface area contributed by atoms with Gasteiger partial charge in [0, 0.05) is 12.6 Å². The van der Waals surface area contributed by atoms with Crippen LogP contribution in [0.4, 0.5) is 4.39 Å². The molecule has 0 N–H and O–H groups in total. The highest BCUT2D eigenvalue weighted by Crippen LogP contribution is 2.10. The minimum atomic E-state index is -0.235. The van der Waals surface area contributed by atoms with Crippen LogP contribution in [-0.4, -0.2) is 31.1 Å². The third kappa shape index (κ3) is 4.30. The van der Waals surface area contributed by atoms with Crippen LogP contribution in [0.2, 0.25) is 0 Å². The smallest absolute Gasteiger partial charge is 0.123 e. The minimum Gasteiger partial charge on any atom is -0.492 e. The summed E-state index contributed by atoms with van der Waals surface area (Å²) in [4.78, 5) is 2.20. The molecule has 0 aliphatic rings. The van der Waals surface area contributed by atoms with Gasteiger partial charge in [-0.25, -0.2) is 4.39 Å². The highest BCUT2D eigenvalue weighted by molar-refractivity contribution is 5.21. The molecule has 0 saturated heterocycles. The van der Waals surface area contributed by atoms with Crippen LogP contribution in [0.15, 0.2) is 24.3 Å². The first-order valence-corrected chi connectivity index (χ1v) is 5.18. The lowest BCUT2D eigenvalue weighted by Gasteiger charge is -2.20. The molecule has 0 aliphatic heterocycles. The summed E-state index contributed by atoms with van der Waals surface area (Å²) in [6.45, 7) is 5.77. The van der Waals surface area contributed by atoms with Gasteiger partial charge >= 0.3 is 0 Å². The molecule has 0 fully saturated rings. The van der Waals surface area contributed by atoms with Gasteiger partial charge in [0.05, 0.1) is 0 Å². The molecular weight excluding hydrogens is 193 g/mol. The molecule has 0 radical (unpaired) electrons. The second-order valence-electron chi connectivity index (χ2n) is 3.88. The summed E-state index contributed by atoms with van der Waals surface area (Å²) < 4.78 is 18.1. The minimum absolute atomic E-state index is 0.235. The van der Waals surface area contributed by atoms with E-state index in [0.717, 1.165) is 6.54 Å². The molecule has 0 saturated carbocycles. The van der Waals surface area contributed by atoms with E-state index in [1.165, 1.54) is 12.1 Å². The van der Waals surface area contributed by atoms with Crippen LogP contribution in [-0.2, 0) is 0 Å². The van der Waals surface area contributed by atoms with Crippen LogP contribution in [0.3, 0.4) is 0 Å². The fraction of sp³-hybridized carbons (Fsp3) is 0.500. The second-order valence-corrected chi connectivity index (χ2v) is 3.88. The van der Waals surface area contributed by atoms with Gasteiger partial charge in [-0.3, -0.25) is 0 Å². The van der Waals surface area contributed by atoms with E-state index in [2.05, 4.69) is 25.8 Å². The Balaban J connectivity index is 2.29. The zero-order valence-electron chi connectivity index (χ0n) is 9.53. The maximum Gasteiger partial charge on any atom is 0.123 e. The molecule has 0 amide bonds. The Labute approximate surface area is 90.7 Å². The molecule has 0 heterocycles. The van der Waals surface area contributed by atoms with Crippen molar-refractivity contribution in [3.8, 4) is 5.75 Å². The number of ether oxygens (including phenoxy) is 1. The van der Waals surface area contributed by atoms with Gasteiger partial charge in [-0.1, -0.05) is 0 Å². The van der Waals surface area contributed by atoms with E-state index >= 15 is 0 Å². The lowest BCUT2D eigenvalue weighted by atomic mass is 10.3. The second kappa shape index (κ2) is 5.71. The number of likely N-dealkylation sites (N-methyl/N-ethyl adjacent to an activating group) is 1. The van der Waals surface area contributed by atoms with Crippen LogP contribution in [0.1, 0.15) is 13.8 Å². The van der Waals surface area contributed by atoms with E-state index in [1.807, 2.05) is 0 Å². The highest BCUT2D eigenvalue weighted by atomic mass is 19.1. The Bertz CT molecular complexity index is 284. The van der Waals surface area contributed by atoms with Crippen molar-refractivity contribution in [3.63, 3.8) is 0 Å². The van der Waals surface area contributed by atoms with Crippen molar-refractivity contribution >= 4 is 0 Å². The normalized spacial score (nSPS) is 11.1. The van der Waals surface area contributed by atoms with Crippen molar-refractivity contribution in [2.45, 2.75) is 19.9 Å². The number of rotatable bonds is 5. The average molecular weight is 211 g/mol. The third-order valence-electron chi connectivity index (χ3n) is 2.41. The van der Waals surface area contributed by atoms with Crippen LogP contribution in [0, 0.1) is 5.82 Å². The van der Waals surface area contributed by atoms with E-state index in [9.17, 15) is 4.39 Å². The van der Waals surface area contributed by atoms with Crippen molar-refractivity contribution in [2.75, 3.05) is 20.2 Å². The van der Waals surface area contributed by atoms with Gasteiger partial charge in [0.25, 0.3) is 0 Å². The quantitative estimate of drug-likeness (QED) is 0.742. The van der Waals surface area contributed by atoms with Crippen molar-refractivity contribution in [3.05, 3.63) is 30.1 Å². The van der Waals surface area contributed by atoms with Gasteiger partial charge in [-0.15, -0.1) is 0 Å². The fourth-order valence-corrected chi connectivity index (χ4v) is 1.10. The number of nitrogens with zero attached hydrogens (tertiary/aromatic N) is 1. The van der Waals surface area contributed by atoms with Gasteiger partial charge in [-0.05, 0) is 45.2 Å². The number of hydrogen-bond acceptors (Lipinski definition) is 2. The Morgan fingerprint density at radius 1 is 1.27 bits per heavy atom. The lowest BCUT2D eigenvalue weighted by molar-refractivity contribution is 0.208. The molecule has 1 aromatic rings. The topological polar surface area (TPSA) is 12.5 Å². The zero-order chi connectivity index (χ0) is 11.3. The molecule has 0 aromatic heterocycles. The van der Waals surface area contributed by atoms with Crippen LogP contribution in [0.5, 0.6) is 5.75 Å². The summed E-state index contributed by atoms with van der Waals surface area (Å²) in [5.41, 5.74) is 0. The van der Waals surface area contributed by atoms with Crippen molar-refractivity contribution in [1.82, 2.24) is 4.90 Å². The van der Waals surface area contributed by atoms with Gasteiger partial charge < -0.3 is 9.64 Å². The van der Waals surface area contributed by atoms with E-state index in [4.69, 9.17) is 4.74 Å². The van der Waals surface area contributed by atoms with Gasteiger partial charge in [0.1, 0.15) is 18.2 Å². The van der Waals surface area contributed by atoms with Gasteiger partial charge in [0.2, 0.25) is 0 Å². The average Bonchev–Trinajstić information content (AvgIpc) is 2.20. The summed E-state index contributed by atoms with van der Waals surface area (Å²) in [6.07, 6.45) is 0. The lowest BCUT2D eigenvalue weighted by Crippen LogP contribution is -2.30. The largest absolute Gasteiger partial charge is 0.492 e. The summed E-state index contributed by atoms with van der Waals surface area (Å²) in [5.74, 6) is 0.482. The zero-order valence-corrected chi connectivity index (χ0v) is 9.53. The van der Waals surface area contributed by atoms with Gasteiger partial charge in [0.15, 0.2) is 0 Å². The van der Waals surface area contributed by atoms with Crippen LogP contribution in [0.25, 0.3) is 0 Å². The van der Waals surface area contributed by atoms with E-state index in [-0.39, 0.29) is 5.82 Å². The summed E-state index contributed by atoms with van der Waals surface area (Å²) in [7, 11) is 2.05. The molecule has 84 valence electrons. The highest BCUT2D eigenvalue weighted by Gasteiger charge is 2.02. The van der Waals surface area contributed by atoms with Crippen LogP contribution >= 0.6 is 0 Å². The molecule has 0 spiro atoms.